The lowest BCUT2D eigenvalue weighted by Crippen LogP contribution is -2.29. The smallest absolute Gasteiger partial charge is 0.398 e. The monoisotopic (exact) mass is 262 g/mol. The molecule has 0 aliphatic carbocycles. The Morgan fingerprint density at radius 3 is 2.37 bits per heavy atom. The van der Waals surface area contributed by atoms with Gasteiger partial charge in [-0.25, -0.2) is 10.2 Å². The van der Waals surface area contributed by atoms with Crippen LogP contribution in [0.3, 0.4) is 0 Å². The van der Waals surface area contributed by atoms with Crippen LogP contribution in [0.5, 0.6) is 0 Å². The molecule has 0 heterocycles. The number of nitrogens with one attached hydrogen (secondary N) is 1. The molecule has 0 aliphatic rings. The maximum atomic E-state index is 11.3. The van der Waals surface area contributed by atoms with E-state index in [1.165, 1.54) is 5.56 Å². The van der Waals surface area contributed by atoms with Gasteiger partial charge in [0.2, 0.25) is 0 Å². The highest BCUT2D eigenvalue weighted by molar-refractivity contribution is 6.32. The summed E-state index contributed by atoms with van der Waals surface area (Å²) in [6, 6.07) is 7.85. The van der Waals surface area contributed by atoms with E-state index in [2.05, 4.69) is 22.2 Å². The minimum absolute atomic E-state index is 0.160. The normalized spacial score (nSPS) is 11.0. The SMILES string of the molecule is CCOC(=O)C(=O)N/N=C(\C)c1ccc(CC)cc1. The van der Waals surface area contributed by atoms with Crippen LogP contribution in [0.25, 0.3) is 0 Å². The van der Waals surface area contributed by atoms with E-state index in [9.17, 15) is 9.59 Å². The number of hydrogen-bond acceptors (Lipinski definition) is 4. The molecule has 0 unspecified atom stereocenters. The van der Waals surface area contributed by atoms with E-state index in [1.807, 2.05) is 24.3 Å². The van der Waals surface area contributed by atoms with Crippen molar-refractivity contribution in [2.75, 3.05) is 6.61 Å². The Morgan fingerprint density at radius 1 is 1.21 bits per heavy atom. The average Bonchev–Trinajstić information content (AvgIpc) is 2.44. The molecule has 0 spiro atoms. The third kappa shape index (κ3) is 4.54. The number of ether oxygens (including phenoxy) is 1. The molecule has 1 aromatic rings. The molecule has 0 bridgehead atoms. The molecule has 0 saturated heterocycles. The van der Waals surface area contributed by atoms with Gasteiger partial charge < -0.3 is 4.74 Å². The first-order chi connectivity index (χ1) is 9.08. The van der Waals surface area contributed by atoms with Crippen LogP contribution in [0.2, 0.25) is 0 Å². The van der Waals surface area contributed by atoms with Crippen LogP contribution < -0.4 is 5.43 Å². The molecule has 0 radical (unpaired) electrons. The van der Waals surface area contributed by atoms with E-state index >= 15 is 0 Å². The summed E-state index contributed by atoms with van der Waals surface area (Å²) in [5.74, 6) is -1.80. The Balaban J connectivity index is 2.65. The standard InChI is InChI=1S/C14H18N2O3/c1-4-11-6-8-12(9-7-11)10(3)15-16-13(17)14(18)19-5-2/h6-9H,4-5H2,1-3H3,(H,16,17)/b15-10+. The summed E-state index contributed by atoms with van der Waals surface area (Å²) in [6.45, 7) is 5.63. The summed E-state index contributed by atoms with van der Waals surface area (Å²) in [4.78, 5) is 22.3. The van der Waals surface area contributed by atoms with Gasteiger partial charge in [0.15, 0.2) is 0 Å². The quantitative estimate of drug-likeness (QED) is 0.388. The Kier molecular flexibility index (Phi) is 5.73. The van der Waals surface area contributed by atoms with Crippen LogP contribution in [0, 0.1) is 0 Å². The van der Waals surface area contributed by atoms with E-state index < -0.39 is 11.9 Å². The Hall–Kier alpha value is -2.17. The molecule has 5 nitrogen and oxygen atoms in total. The van der Waals surface area contributed by atoms with E-state index in [4.69, 9.17) is 0 Å². The number of hydrazone groups is 1. The molecule has 19 heavy (non-hydrogen) atoms. The van der Waals surface area contributed by atoms with Crippen LogP contribution in [0.1, 0.15) is 31.9 Å². The summed E-state index contributed by atoms with van der Waals surface area (Å²) < 4.78 is 4.55. The van der Waals surface area contributed by atoms with E-state index in [0.717, 1.165) is 12.0 Å². The molecule has 102 valence electrons. The van der Waals surface area contributed by atoms with E-state index in [0.29, 0.717) is 5.71 Å². The molecule has 1 aromatic carbocycles. The van der Waals surface area contributed by atoms with Crippen molar-refractivity contribution in [3.8, 4) is 0 Å². The maximum Gasteiger partial charge on any atom is 0.398 e. The molecule has 0 aliphatic heterocycles. The van der Waals surface area contributed by atoms with Crippen molar-refractivity contribution in [3.63, 3.8) is 0 Å². The molecule has 0 atom stereocenters. The van der Waals surface area contributed by atoms with Crippen molar-refractivity contribution in [2.45, 2.75) is 27.2 Å². The van der Waals surface area contributed by atoms with Crippen molar-refractivity contribution >= 4 is 17.6 Å². The molecule has 5 heteroatoms. The predicted octanol–water partition coefficient (Wildman–Crippen LogP) is 1.65. The molecule has 0 saturated carbocycles. The Bertz CT molecular complexity index is 478. The lowest BCUT2D eigenvalue weighted by Gasteiger charge is -2.03. The fourth-order valence-corrected chi connectivity index (χ4v) is 1.42. The van der Waals surface area contributed by atoms with Gasteiger partial charge in [0.05, 0.1) is 12.3 Å². The topological polar surface area (TPSA) is 67.8 Å². The second-order valence-electron chi connectivity index (χ2n) is 3.91. The van der Waals surface area contributed by atoms with Crippen molar-refractivity contribution < 1.29 is 14.3 Å². The van der Waals surface area contributed by atoms with Crippen LogP contribution >= 0.6 is 0 Å². The summed E-state index contributed by atoms with van der Waals surface area (Å²) in [5.41, 5.74) is 4.91. The summed E-state index contributed by atoms with van der Waals surface area (Å²) >= 11 is 0. The van der Waals surface area contributed by atoms with Gasteiger partial charge in [0.1, 0.15) is 0 Å². The maximum absolute atomic E-state index is 11.3. The van der Waals surface area contributed by atoms with Crippen LogP contribution in [0.4, 0.5) is 0 Å². The van der Waals surface area contributed by atoms with Crippen LogP contribution in [0.15, 0.2) is 29.4 Å². The highest BCUT2D eigenvalue weighted by Crippen LogP contribution is 2.06. The van der Waals surface area contributed by atoms with Crippen molar-refractivity contribution in [2.24, 2.45) is 5.10 Å². The first-order valence-corrected chi connectivity index (χ1v) is 6.19. The Morgan fingerprint density at radius 2 is 1.84 bits per heavy atom. The molecule has 1 rings (SSSR count). The van der Waals surface area contributed by atoms with Gasteiger partial charge in [0.25, 0.3) is 0 Å². The lowest BCUT2D eigenvalue weighted by molar-refractivity contribution is -0.154. The molecule has 1 N–H and O–H groups in total. The van der Waals surface area contributed by atoms with Crippen LogP contribution in [-0.2, 0) is 20.7 Å². The van der Waals surface area contributed by atoms with Crippen molar-refractivity contribution in [1.82, 2.24) is 5.43 Å². The summed E-state index contributed by atoms with van der Waals surface area (Å²) in [5, 5.41) is 3.87. The Labute approximate surface area is 112 Å². The van der Waals surface area contributed by atoms with Gasteiger partial charge in [-0.3, -0.25) is 4.79 Å². The number of carbonyl (C=O) groups is 2. The van der Waals surface area contributed by atoms with Gasteiger partial charge >= 0.3 is 11.9 Å². The molecular formula is C14H18N2O3. The zero-order valence-electron chi connectivity index (χ0n) is 11.4. The summed E-state index contributed by atoms with van der Waals surface area (Å²) in [6.07, 6.45) is 0.968. The predicted molar refractivity (Wildman–Crippen MR) is 72.8 cm³/mol. The third-order valence-corrected chi connectivity index (χ3v) is 2.57. The zero-order chi connectivity index (χ0) is 14.3. The number of hydrogen-bond donors (Lipinski definition) is 1. The minimum atomic E-state index is -0.930. The number of aryl methyl sites for hydroxylation is 1. The minimum Gasteiger partial charge on any atom is -0.459 e. The second-order valence-corrected chi connectivity index (χ2v) is 3.91. The van der Waals surface area contributed by atoms with Crippen molar-refractivity contribution in [1.29, 1.82) is 0 Å². The lowest BCUT2D eigenvalue weighted by atomic mass is 10.1. The first-order valence-electron chi connectivity index (χ1n) is 6.19. The van der Waals surface area contributed by atoms with E-state index in [-0.39, 0.29) is 6.61 Å². The van der Waals surface area contributed by atoms with Gasteiger partial charge in [-0.1, -0.05) is 31.2 Å². The first kappa shape index (κ1) is 14.9. The third-order valence-electron chi connectivity index (χ3n) is 2.57. The number of amides is 1. The number of esters is 1. The fraction of sp³-hybridized carbons (Fsp3) is 0.357. The molecule has 0 fully saturated rings. The van der Waals surface area contributed by atoms with Crippen LogP contribution in [-0.4, -0.2) is 24.2 Å². The van der Waals surface area contributed by atoms with Gasteiger partial charge in [-0.05, 0) is 31.4 Å². The summed E-state index contributed by atoms with van der Waals surface area (Å²) in [7, 11) is 0. The second kappa shape index (κ2) is 7.31. The molecule has 0 aromatic heterocycles. The number of benzene rings is 1. The average molecular weight is 262 g/mol. The van der Waals surface area contributed by atoms with Gasteiger partial charge in [0, 0.05) is 0 Å². The number of rotatable bonds is 4. The van der Waals surface area contributed by atoms with Gasteiger partial charge in [-0.2, -0.15) is 5.10 Å². The number of carbonyl (C=O) groups excluding carboxylic acids is 2. The zero-order valence-corrected chi connectivity index (χ0v) is 11.4. The van der Waals surface area contributed by atoms with Crippen molar-refractivity contribution in [3.05, 3.63) is 35.4 Å². The highest BCUT2D eigenvalue weighted by Gasteiger charge is 2.13. The molecule has 1 amide bonds. The molecular weight excluding hydrogens is 244 g/mol. The van der Waals surface area contributed by atoms with Gasteiger partial charge in [-0.15, -0.1) is 0 Å². The number of nitrogens with zero attached hydrogens (tertiary/aromatic N) is 1. The largest absolute Gasteiger partial charge is 0.459 e. The van der Waals surface area contributed by atoms with E-state index in [1.54, 1.807) is 13.8 Å². The fourth-order valence-electron chi connectivity index (χ4n) is 1.42. The highest BCUT2D eigenvalue weighted by atomic mass is 16.5.